The largest absolute Gasteiger partial charge is 0.326 e. The number of nitrogens with one attached hydrogen (secondary N) is 2. The van der Waals surface area contributed by atoms with Crippen molar-refractivity contribution in [2.24, 2.45) is 5.92 Å². The molecule has 120 valence electrons. The summed E-state index contributed by atoms with van der Waals surface area (Å²) in [6.45, 7) is 5.89. The van der Waals surface area contributed by atoms with E-state index in [9.17, 15) is 4.79 Å². The van der Waals surface area contributed by atoms with Crippen molar-refractivity contribution in [3.63, 3.8) is 0 Å². The minimum atomic E-state index is 0.100. The SMILES string of the molecule is CCNCc1ccccc1NC(=O)[C@H]1C[C@H]1c1ccccc1C. The number of hydrogen-bond donors (Lipinski definition) is 2. The Balaban J connectivity index is 1.66. The molecule has 1 amide bonds. The van der Waals surface area contributed by atoms with E-state index in [1.807, 2.05) is 24.3 Å². The molecule has 23 heavy (non-hydrogen) atoms. The molecule has 3 heteroatoms. The van der Waals surface area contributed by atoms with Gasteiger partial charge in [0.15, 0.2) is 0 Å². The first-order valence-corrected chi connectivity index (χ1v) is 8.35. The summed E-state index contributed by atoms with van der Waals surface area (Å²) in [5.74, 6) is 0.614. The molecule has 1 fully saturated rings. The molecule has 1 saturated carbocycles. The van der Waals surface area contributed by atoms with E-state index in [0.717, 1.165) is 30.8 Å². The van der Waals surface area contributed by atoms with Gasteiger partial charge in [0.25, 0.3) is 0 Å². The first-order valence-electron chi connectivity index (χ1n) is 8.35. The normalized spacial score (nSPS) is 19.4. The molecule has 0 unspecified atom stereocenters. The average Bonchev–Trinajstić information content (AvgIpc) is 3.35. The number of carbonyl (C=O) groups is 1. The number of benzene rings is 2. The van der Waals surface area contributed by atoms with Gasteiger partial charge in [0.05, 0.1) is 0 Å². The maximum Gasteiger partial charge on any atom is 0.228 e. The van der Waals surface area contributed by atoms with Gasteiger partial charge >= 0.3 is 0 Å². The molecular weight excluding hydrogens is 284 g/mol. The Morgan fingerprint density at radius 3 is 2.65 bits per heavy atom. The summed E-state index contributed by atoms with van der Waals surface area (Å²) in [5.41, 5.74) is 4.65. The molecule has 0 aliphatic heterocycles. The van der Waals surface area contributed by atoms with E-state index < -0.39 is 0 Å². The molecule has 2 N–H and O–H groups in total. The third-order valence-corrected chi connectivity index (χ3v) is 4.56. The molecule has 1 aliphatic rings. The summed E-state index contributed by atoms with van der Waals surface area (Å²) in [6.07, 6.45) is 0.950. The Morgan fingerprint density at radius 2 is 1.87 bits per heavy atom. The first-order chi connectivity index (χ1) is 11.2. The van der Waals surface area contributed by atoms with Crippen LogP contribution in [0, 0.1) is 12.8 Å². The Labute approximate surface area is 138 Å². The highest BCUT2D eigenvalue weighted by atomic mass is 16.2. The molecular formula is C20H24N2O. The van der Waals surface area contributed by atoms with Crippen LogP contribution < -0.4 is 10.6 Å². The standard InChI is InChI=1S/C20H24N2O/c1-3-21-13-15-9-5-7-11-19(15)22-20(23)18-12-17(18)16-10-6-4-8-14(16)2/h4-11,17-18,21H,3,12-13H2,1-2H3,(H,22,23)/t17-,18-/m0/s1. The number of rotatable bonds is 6. The first kappa shape index (κ1) is 15.8. The van der Waals surface area contributed by atoms with E-state index in [0.29, 0.717) is 5.92 Å². The Morgan fingerprint density at radius 1 is 1.13 bits per heavy atom. The van der Waals surface area contributed by atoms with Gasteiger partial charge in [-0.3, -0.25) is 4.79 Å². The van der Waals surface area contributed by atoms with E-state index in [-0.39, 0.29) is 11.8 Å². The van der Waals surface area contributed by atoms with Crippen LogP contribution in [0.3, 0.4) is 0 Å². The smallest absolute Gasteiger partial charge is 0.228 e. The Kier molecular flexibility index (Phi) is 4.77. The van der Waals surface area contributed by atoms with Gasteiger partial charge in [-0.25, -0.2) is 0 Å². The summed E-state index contributed by atoms with van der Waals surface area (Å²) in [4.78, 5) is 12.6. The fourth-order valence-electron chi connectivity index (χ4n) is 3.11. The number of anilines is 1. The lowest BCUT2D eigenvalue weighted by molar-refractivity contribution is -0.117. The van der Waals surface area contributed by atoms with Crippen LogP contribution in [0.2, 0.25) is 0 Å². The molecule has 0 spiro atoms. The van der Waals surface area contributed by atoms with Gasteiger partial charge in [-0.1, -0.05) is 49.4 Å². The van der Waals surface area contributed by atoms with E-state index in [4.69, 9.17) is 0 Å². The summed E-state index contributed by atoms with van der Waals surface area (Å²) < 4.78 is 0. The topological polar surface area (TPSA) is 41.1 Å². The van der Waals surface area contributed by atoms with Gasteiger partial charge in [0.2, 0.25) is 5.91 Å². The van der Waals surface area contributed by atoms with Crippen LogP contribution in [0.1, 0.15) is 36.0 Å². The van der Waals surface area contributed by atoms with Gasteiger partial charge in [0.1, 0.15) is 0 Å². The average molecular weight is 308 g/mol. The zero-order valence-corrected chi connectivity index (χ0v) is 13.8. The molecule has 0 saturated heterocycles. The summed E-state index contributed by atoms with van der Waals surface area (Å²) in [7, 11) is 0. The van der Waals surface area contributed by atoms with Crippen LogP contribution in [-0.2, 0) is 11.3 Å². The Hall–Kier alpha value is -2.13. The van der Waals surface area contributed by atoms with Gasteiger partial charge in [0, 0.05) is 18.2 Å². The second-order valence-corrected chi connectivity index (χ2v) is 6.23. The lowest BCUT2D eigenvalue weighted by Gasteiger charge is -2.11. The van der Waals surface area contributed by atoms with Crippen molar-refractivity contribution >= 4 is 11.6 Å². The number of amides is 1. The lowest BCUT2D eigenvalue weighted by Crippen LogP contribution is -2.18. The van der Waals surface area contributed by atoms with Crippen LogP contribution in [0.5, 0.6) is 0 Å². The molecule has 1 aliphatic carbocycles. The van der Waals surface area contributed by atoms with Crippen molar-refractivity contribution < 1.29 is 4.79 Å². The van der Waals surface area contributed by atoms with Crippen LogP contribution in [0.15, 0.2) is 48.5 Å². The van der Waals surface area contributed by atoms with Gasteiger partial charge in [-0.15, -0.1) is 0 Å². The molecule has 0 radical (unpaired) electrons. The van der Waals surface area contributed by atoms with Crippen molar-refractivity contribution in [2.75, 3.05) is 11.9 Å². The van der Waals surface area contributed by atoms with Crippen LogP contribution in [0.4, 0.5) is 5.69 Å². The highest BCUT2D eigenvalue weighted by Gasteiger charge is 2.44. The number of hydrogen-bond acceptors (Lipinski definition) is 2. The van der Waals surface area contributed by atoms with Crippen molar-refractivity contribution in [3.05, 3.63) is 65.2 Å². The van der Waals surface area contributed by atoms with E-state index in [1.165, 1.54) is 11.1 Å². The summed E-state index contributed by atoms with van der Waals surface area (Å²) >= 11 is 0. The van der Waals surface area contributed by atoms with E-state index in [2.05, 4.69) is 48.7 Å². The van der Waals surface area contributed by atoms with E-state index in [1.54, 1.807) is 0 Å². The van der Waals surface area contributed by atoms with Crippen molar-refractivity contribution in [1.29, 1.82) is 0 Å². The van der Waals surface area contributed by atoms with Gasteiger partial charge in [-0.2, -0.15) is 0 Å². The van der Waals surface area contributed by atoms with Crippen LogP contribution in [-0.4, -0.2) is 12.5 Å². The minimum absolute atomic E-state index is 0.100. The van der Waals surface area contributed by atoms with Crippen molar-refractivity contribution in [1.82, 2.24) is 5.32 Å². The maximum absolute atomic E-state index is 12.6. The molecule has 0 aromatic heterocycles. The minimum Gasteiger partial charge on any atom is -0.326 e. The van der Waals surface area contributed by atoms with Gasteiger partial charge < -0.3 is 10.6 Å². The number of aryl methyl sites for hydroxylation is 1. The van der Waals surface area contributed by atoms with Crippen molar-refractivity contribution in [2.45, 2.75) is 32.7 Å². The predicted molar refractivity (Wildman–Crippen MR) is 94.5 cm³/mol. The number of para-hydroxylation sites is 1. The summed E-state index contributed by atoms with van der Waals surface area (Å²) in [6, 6.07) is 16.4. The third-order valence-electron chi connectivity index (χ3n) is 4.56. The highest BCUT2D eigenvalue weighted by Crippen LogP contribution is 2.49. The predicted octanol–water partition coefficient (Wildman–Crippen LogP) is 3.85. The zero-order valence-electron chi connectivity index (χ0n) is 13.8. The van der Waals surface area contributed by atoms with Crippen molar-refractivity contribution in [3.8, 4) is 0 Å². The molecule has 3 rings (SSSR count). The van der Waals surface area contributed by atoms with Crippen LogP contribution in [0.25, 0.3) is 0 Å². The van der Waals surface area contributed by atoms with Crippen LogP contribution >= 0.6 is 0 Å². The molecule has 0 heterocycles. The fraction of sp³-hybridized carbons (Fsp3) is 0.350. The molecule has 2 aromatic carbocycles. The number of carbonyl (C=O) groups excluding carboxylic acids is 1. The molecule has 3 nitrogen and oxygen atoms in total. The molecule has 0 bridgehead atoms. The third kappa shape index (κ3) is 3.62. The maximum atomic E-state index is 12.6. The Bertz CT molecular complexity index is 696. The summed E-state index contributed by atoms with van der Waals surface area (Å²) in [5, 5.41) is 6.44. The molecule has 2 atom stereocenters. The van der Waals surface area contributed by atoms with Gasteiger partial charge in [-0.05, 0) is 48.6 Å². The zero-order chi connectivity index (χ0) is 16.2. The van der Waals surface area contributed by atoms with E-state index >= 15 is 0 Å². The quantitative estimate of drug-likeness (QED) is 0.851. The lowest BCUT2D eigenvalue weighted by atomic mass is 10.0. The monoisotopic (exact) mass is 308 g/mol. The second-order valence-electron chi connectivity index (χ2n) is 6.23. The highest BCUT2D eigenvalue weighted by molar-refractivity contribution is 5.95. The fourth-order valence-corrected chi connectivity index (χ4v) is 3.11. The molecule has 2 aromatic rings. The second kappa shape index (κ2) is 6.97.